The van der Waals surface area contributed by atoms with Crippen LogP contribution < -0.4 is 5.32 Å². The quantitative estimate of drug-likeness (QED) is 0.637. The van der Waals surface area contributed by atoms with E-state index in [1.54, 1.807) is 24.3 Å². The molecule has 2 aromatic heterocycles. The van der Waals surface area contributed by atoms with Gasteiger partial charge in [0.25, 0.3) is 5.91 Å². The zero-order chi connectivity index (χ0) is 21.0. The Labute approximate surface area is 185 Å². The van der Waals surface area contributed by atoms with Crippen LogP contribution in [0.2, 0.25) is 5.02 Å². The lowest BCUT2D eigenvalue weighted by Crippen LogP contribution is -2.52. The van der Waals surface area contributed by atoms with Crippen LogP contribution in [0.3, 0.4) is 0 Å². The summed E-state index contributed by atoms with van der Waals surface area (Å²) in [6, 6.07) is 7.12. The lowest BCUT2D eigenvalue weighted by Gasteiger charge is -2.56. The highest BCUT2D eigenvalue weighted by atomic mass is 35.5. The number of nitrogens with zero attached hydrogens (tertiary/aromatic N) is 4. The molecule has 2 heterocycles. The van der Waals surface area contributed by atoms with Crippen molar-refractivity contribution in [2.45, 2.75) is 50.6 Å². The molecule has 0 aliphatic heterocycles. The number of nitrogens with one attached hydrogen (secondary N) is 1. The zero-order valence-electron chi connectivity index (χ0n) is 17.1. The molecule has 3 aromatic rings. The minimum atomic E-state index is -0.298. The standard InChI is InChI=1S/C23H24ClN5O2/c24-18-3-1-17(2-4-18)22-26-20(13-31-22)21(30)25-11-19-12-29(28-27-19)23-8-14-5-15(9-23)7-16(6-14)10-23/h1-4,12-16H,5-11H2,(H,25,30). The predicted molar refractivity (Wildman–Crippen MR) is 114 cm³/mol. The molecule has 8 heteroatoms. The molecule has 1 aromatic carbocycles. The molecule has 7 rings (SSSR count). The third kappa shape index (κ3) is 3.45. The van der Waals surface area contributed by atoms with Gasteiger partial charge in [0.2, 0.25) is 5.89 Å². The number of benzene rings is 1. The molecule has 4 fully saturated rings. The van der Waals surface area contributed by atoms with Crippen LogP contribution in [0, 0.1) is 17.8 Å². The highest BCUT2D eigenvalue weighted by Crippen LogP contribution is 2.58. The lowest BCUT2D eigenvalue weighted by atomic mass is 9.53. The van der Waals surface area contributed by atoms with E-state index in [2.05, 4.69) is 25.3 Å². The maximum Gasteiger partial charge on any atom is 0.273 e. The van der Waals surface area contributed by atoms with Gasteiger partial charge in [0.05, 0.1) is 18.3 Å². The van der Waals surface area contributed by atoms with E-state index in [1.807, 2.05) is 6.20 Å². The van der Waals surface area contributed by atoms with Crippen LogP contribution in [0.1, 0.15) is 54.7 Å². The molecule has 4 aliphatic carbocycles. The van der Waals surface area contributed by atoms with Crippen molar-refractivity contribution in [2.24, 2.45) is 17.8 Å². The van der Waals surface area contributed by atoms with Gasteiger partial charge in [-0.1, -0.05) is 16.8 Å². The highest BCUT2D eigenvalue weighted by Gasteiger charge is 2.52. The van der Waals surface area contributed by atoms with E-state index in [0.717, 1.165) is 29.0 Å². The molecule has 160 valence electrons. The molecule has 7 nitrogen and oxygen atoms in total. The summed E-state index contributed by atoms with van der Waals surface area (Å²) in [5.74, 6) is 2.63. The highest BCUT2D eigenvalue weighted by molar-refractivity contribution is 6.30. The van der Waals surface area contributed by atoms with E-state index < -0.39 is 0 Å². The fourth-order valence-corrected chi connectivity index (χ4v) is 6.45. The van der Waals surface area contributed by atoms with Crippen molar-refractivity contribution in [2.75, 3.05) is 0 Å². The van der Waals surface area contributed by atoms with Crippen molar-refractivity contribution < 1.29 is 9.21 Å². The van der Waals surface area contributed by atoms with Crippen LogP contribution in [-0.2, 0) is 12.1 Å². The summed E-state index contributed by atoms with van der Waals surface area (Å²) in [7, 11) is 0. The van der Waals surface area contributed by atoms with Crippen molar-refractivity contribution in [3.63, 3.8) is 0 Å². The largest absolute Gasteiger partial charge is 0.444 e. The molecule has 1 N–H and O–H groups in total. The monoisotopic (exact) mass is 437 g/mol. The third-order valence-corrected chi connectivity index (χ3v) is 7.54. The van der Waals surface area contributed by atoms with Gasteiger partial charge in [-0.2, -0.15) is 0 Å². The van der Waals surface area contributed by atoms with Crippen LogP contribution in [0.25, 0.3) is 11.5 Å². The Kier molecular flexibility index (Phi) is 4.42. The average molecular weight is 438 g/mol. The maximum absolute atomic E-state index is 12.5. The van der Waals surface area contributed by atoms with Crippen molar-refractivity contribution in [3.05, 3.63) is 53.1 Å². The first-order valence-corrected chi connectivity index (χ1v) is 11.4. The number of rotatable bonds is 5. The normalized spacial score (nSPS) is 28.7. The predicted octanol–water partition coefficient (Wildman–Crippen LogP) is 4.44. The zero-order valence-corrected chi connectivity index (χ0v) is 17.9. The fourth-order valence-electron chi connectivity index (χ4n) is 6.32. The minimum Gasteiger partial charge on any atom is -0.444 e. The average Bonchev–Trinajstić information content (AvgIpc) is 3.42. The van der Waals surface area contributed by atoms with Crippen molar-refractivity contribution in [1.29, 1.82) is 0 Å². The van der Waals surface area contributed by atoms with Crippen LogP contribution >= 0.6 is 11.6 Å². The van der Waals surface area contributed by atoms with Crippen LogP contribution in [0.15, 0.2) is 41.1 Å². The van der Waals surface area contributed by atoms with Gasteiger partial charge in [0.15, 0.2) is 5.69 Å². The Hall–Kier alpha value is -2.67. The van der Waals surface area contributed by atoms with Crippen LogP contribution in [0.4, 0.5) is 0 Å². The van der Waals surface area contributed by atoms with Crippen molar-refractivity contribution in [3.8, 4) is 11.5 Å². The van der Waals surface area contributed by atoms with Gasteiger partial charge in [0.1, 0.15) is 12.0 Å². The van der Waals surface area contributed by atoms with Crippen molar-refractivity contribution >= 4 is 17.5 Å². The summed E-state index contributed by atoms with van der Waals surface area (Å²) >= 11 is 5.92. The van der Waals surface area contributed by atoms with E-state index >= 15 is 0 Å². The van der Waals surface area contributed by atoms with Crippen LogP contribution in [-0.4, -0.2) is 25.9 Å². The molecule has 4 aliphatic rings. The number of amides is 1. The van der Waals surface area contributed by atoms with E-state index in [-0.39, 0.29) is 17.1 Å². The SMILES string of the molecule is O=C(NCc1cn(C23CC4CC(CC(C4)C2)C3)nn1)c1coc(-c2ccc(Cl)cc2)n1. The van der Waals surface area contributed by atoms with Gasteiger partial charge < -0.3 is 9.73 Å². The summed E-state index contributed by atoms with van der Waals surface area (Å²) in [6.45, 7) is 0.314. The van der Waals surface area contributed by atoms with Crippen molar-refractivity contribution in [1.82, 2.24) is 25.3 Å². The molecular weight excluding hydrogens is 414 g/mol. The molecule has 0 atom stereocenters. The van der Waals surface area contributed by atoms with Gasteiger partial charge in [-0.05, 0) is 80.5 Å². The molecule has 1 amide bonds. The summed E-state index contributed by atoms with van der Waals surface area (Å²) in [6.07, 6.45) is 11.2. The van der Waals surface area contributed by atoms with Gasteiger partial charge in [0, 0.05) is 10.6 Å². The maximum atomic E-state index is 12.5. The first kappa shape index (κ1) is 19.0. The lowest BCUT2D eigenvalue weighted by molar-refractivity contribution is -0.0502. The molecule has 0 unspecified atom stereocenters. The Morgan fingerprint density at radius 1 is 1.13 bits per heavy atom. The Bertz CT molecular complexity index is 1080. The summed E-state index contributed by atoms with van der Waals surface area (Å²) in [5, 5.41) is 12.3. The molecule has 4 saturated carbocycles. The number of hydrogen-bond donors (Lipinski definition) is 1. The van der Waals surface area contributed by atoms with E-state index in [4.69, 9.17) is 16.0 Å². The molecule has 4 bridgehead atoms. The van der Waals surface area contributed by atoms with Gasteiger partial charge in [-0.15, -0.1) is 5.10 Å². The smallest absolute Gasteiger partial charge is 0.273 e. The first-order valence-electron chi connectivity index (χ1n) is 11.0. The second kappa shape index (κ2) is 7.19. The molecule has 31 heavy (non-hydrogen) atoms. The van der Waals surface area contributed by atoms with Gasteiger partial charge in [-0.25, -0.2) is 9.67 Å². The molecular formula is C23H24ClN5O2. The number of oxazole rings is 1. The summed E-state index contributed by atoms with van der Waals surface area (Å²) in [4.78, 5) is 16.8. The topological polar surface area (TPSA) is 85.8 Å². The number of aromatic nitrogens is 4. The summed E-state index contributed by atoms with van der Waals surface area (Å²) in [5.41, 5.74) is 1.91. The first-order chi connectivity index (χ1) is 15.1. The number of hydrogen-bond acceptors (Lipinski definition) is 5. The number of carbonyl (C=O) groups excluding carboxylic acids is 1. The molecule has 0 radical (unpaired) electrons. The van der Waals surface area contributed by atoms with E-state index in [0.29, 0.717) is 17.5 Å². The van der Waals surface area contributed by atoms with Crippen LogP contribution in [0.5, 0.6) is 0 Å². The second-order valence-electron chi connectivity index (χ2n) is 9.52. The van der Waals surface area contributed by atoms with Gasteiger partial charge in [-0.3, -0.25) is 4.79 Å². The Morgan fingerprint density at radius 3 is 2.48 bits per heavy atom. The van der Waals surface area contributed by atoms with E-state index in [9.17, 15) is 4.79 Å². The van der Waals surface area contributed by atoms with E-state index in [1.165, 1.54) is 44.8 Å². The molecule has 0 spiro atoms. The Balaban J connectivity index is 1.12. The second-order valence-corrected chi connectivity index (χ2v) is 9.96. The summed E-state index contributed by atoms with van der Waals surface area (Å²) < 4.78 is 7.56. The minimum absolute atomic E-state index is 0.142. The fraction of sp³-hybridized carbons (Fsp3) is 0.478. The number of halogens is 1. The Morgan fingerprint density at radius 2 is 1.81 bits per heavy atom. The molecule has 0 saturated heterocycles. The third-order valence-electron chi connectivity index (χ3n) is 7.29. The number of carbonyl (C=O) groups is 1. The van der Waals surface area contributed by atoms with Gasteiger partial charge >= 0.3 is 0 Å².